The Balaban J connectivity index is 1.95. The summed E-state index contributed by atoms with van der Waals surface area (Å²) >= 11 is 11.7. The summed E-state index contributed by atoms with van der Waals surface area (Å²) in [6, 6.07) is 8.61. The average Bonchev–Trinajstić information content (AvgIpc) is 2.54. The molecular formula is C15H15Cl2N3O2. The molecule has 0 fully saturated rings. The third kappa shape index (κ3) is 4.66. The molecule has 2 aromatic rings. The summed E-state index contributed by atoms with van der Waals surface area (Å²) < 4.78 is 0. The molecule has 1 atom stereocenters. The fraction of sp³-hybridized carbons (Fsp3) is 0.267. The van der Waals surface area contributed by atoms with Gasteiger partial charge in [-0.2, -0.15) is 0 Å². The first-order chi connectivity index (χ1) is 10.6. The maximum Gasteiger partial charge on any atom is 0.271 e. The number of aliphatic hydroxyl groups excluding tert-OH is 1. The molecule has 5 nitrogen and oxygen atoms in total. The van der Waals surface area contributed by atoms with Crippen molar-refractivity contribution in [3.05, 3.63) is 58.1 Å². The summed E-state index contributed by atoms with van der Waals surface area (Å²) in [5.41, 5.74) is 0.929. The Morgan fingerprint density at radius 1 is 1.27 bits per heavy atom. The highest BCUT2D eigenvalue weighted by Gasteiger charge is 2.16. The Bertz CT molecular complexity index is 638. The van der Waals surface area contributed by atoms with Gasteiger partial charge in [-0.25, -0.2) is 4.98 Å². The van der Waals surface area contributed by atoms with Crippen molar-refractivity contribution in [3.8, 4) is 0 Å². The van der Waals surface area contributed by atoms with Gasteiger partial charge in [-0.05, 0) is 30.7 Å². The molecule has 0 saturated carbocycles. The number of aromatic nitrogens is 2. The predicted molar refractivity (Wildman–Crippen MR) is 85.1 cm³/mol. The maximum absolute atomic E-state index is 12.1. The third-order valence-corrected chi connectivity index (χ3v) is 3.58. The molecule has 116 valence electrons. The van der Waals surface area contributed by atoms with Gasteiger partial charge in [-0.1, -0.05) is 29.3 Å². The Kier molecular flexibility index (Phi) is 6.12. The van der Waals surface area contributed by atoms with E-state index in [1.807, 2.05) is 18.2 Å². The van der Waals surface area contributed by atoms with Crippen LogP contribution in [0.1, 0.15) is 16.2 Å². The summed E-state index contributed by atoms with van der Waals surface area (Å²) in [5.74, 6) is -0.566. The van der Waals surface area contributed by atoms with Gasteiger partial charge >= 0.3 is 0 Å². The molecule has 0 spiro atoms. The number of halogens is 2. The highest BCUT2D eigenvalue weighted by Crippen LogP contribution is 2.16. The molecule has 22 heavy (non-hydrogen) atoms. The quantitative estimate of drug-likeness (QED) is 0.792. The molecule has 0 aliphatic carbocycles. The number of nitrogens with zero attached hydrogens (tertiary/aromatic N) is 2. The number of amides is 1. The molecule has 0 radical (unpaired) electrons. The van der Waals surface area contributed by atoms with Crippen LogP contribution in [0.3, 0.4) is 0 Å². The van der Waals surface area contributed by atoms with Gasteiger partial charge in [0.05, 0.1) is 5.02 Å². The Hall–Kier alpha value is -1.69. The van der Waals surface area contributed by atoms with Crippen molar-refractivity contribution < 1.29 is 9.90 Å². The third-order valence-electron chi connectivity index (χ3n) is 3.06. The lowest BCUT2D eigenvalue weighted by atomic mass is 10.0. The van der Waals surface area contributed by atoms with E-state index in [0.29, 0.717) is 6.42 Å². The molecule has 0 aliphatic rings. The van der Waals surface area contributed by atoms with Crippen LogP contribution in [-0.2, 0) is 6.42 Å². The van der Waals surface area contributed by atoms with Crippen molar-refractivity contribution in [2.45, 2.75) is 6.42 Å². The van der Waals surface area contributed by atoms with Crippen LogP contribution in [-0.4, -0.2) is 34.1 Å². The molecular weight excluding hydrogens is 325 g/mol. The largest absolute Gasteiger partial charge is 0.396 e. The van der Waals surface area contributed by atoms with Gasteiger partial charge < -0.3 is 10.4 Å². The van der Waals surface area contributed by atoms with Crippen molar-refractivity contribution >= 4 is 29.1 Å². The molecule has 1 amide bonds. The number of nitrogens with one attached hydrogen (secondary N) is 1. The maximum atomic E-state index is 12.1. The van der Waals surface area contributed by atoms with E-state index in [1.54, 1.807) is 6.20 Å². The Morgan fingerprint density at radius 2 is 2.09 bits per heavy atom. The molecule has 0 saturated heterocycles. The monoisotopic (exact) mass is 339 g/mol. The zero-order chi connectivity index (χ0) is 15.9. The van der Waals surface area contributed by atoms with E-state index < -0.39 is 5.91 Å². The van der Waals surface area contributed by atoms with Gasteiger partial charge in [-0.3, -0.25) is 9.78 Å². The van der Waals surface area contributed by atoms with Crippen LogP contribution in [0, 0.1) is 5.92 Å². The minimum atomic E-state index is -0.424. The van der Waals surface area contributed by atoms with Gasteiger partial charge in [0.2, 0.25) is 0 Å². The first kappa shape index (κ1) is 16.7. The fourth-order valence-electron chi connectivity index (χ4n) is 1.91. The lowest BCUT2D eigenvalue weighted by Gasteiger charge is -2.14. The second-order valence-electron chi connectivity index (χ2n) is 4.75. The summed E-state index contributed by atoms with van der Waals surface area (Å²) in [4.78, 5) is 20.2. The molecule has 0 aliphatic heterocycles. The zero-order valence-electron chi connectivity index (χ0n) is 11.7. The van der Waals surface area contributed by atoms with Crippen LogP contribution in [0.25, 0.3) is 0 Å². The lowest BCUT2D eigenvalue weighted by molar-refractivity contribution is 0.0935. The summed E-state index contributed by atoms with van der Waals surface area (Å²) in [7, 11) is 0. The normalized spacial score (nSPS) is 12.0. The van der Waals surface area contributed by atoms with E-state index in [4.69, 9.17) is 23.2 Å². The first-order valence-corrected chi connectivity index (χ1v) is 7.46. The Morgan fingerprint density at radius 3 is 2.77 bits per heavy atom. The zero-order valence-corrected chi connectivity index (χ0v) is 13.2. The van der Waals surface area contributed by atoms with Crippen LogP contribution in [0.5, 0.6) is 0 Å². The van der Waals surface area contributed by atoms with Gasteiger partial charge in [0, 0.05) is 31.0 Å². The number of hydrogen-bond donors (Lipinski definition) is 2. The van der Waals surface area contributed by atoms with Gasteiger partial charge in [-0.15, -0.1) is 0 Å². The molecule has 2 heterocycles. The first-order valence-electron chi connectivity index (χ1n) is 6.71. The summed E-state index contributed by atoms with van der Waals surface area (Å²) in [6.07, 6.45) is 2.26. The van der Waals surface area contributed by atoms with Crippen molar-refractivity contribution in [2.75, 3.05) is 13.2 Å². The Labute approximate surface area is 138 Å². The standard InChI is InChI=1S/C15H15Cl2N3O2/c16-12-4-5-13(17)20-14(12)15(22)19-8-10(9-21)7-11-3-1-2-6-18-11/h1-6,10,21H,7-9H2,(H,19,22). The molecule has 0 aromatic carbocycles. The second-order valence-corrected chi connectivity index (χ2v) is 5.54. The van der Waals surface area contributed by atoms with E-state index in [0.717, 1.165) is 5.69 Å². The highest BCUT2D eigenvalue weighted by atomic mass is 35.5. The number of carbonyl (C=O) groups is 1. The smallest absolute Gasteiger partial charge is 0.271 e. The number of hydrogen-bond acceptors (Lipinski definition) is 4. The molecule has 2 N–H and O–H groups in total. The van der Waals surface area contributed by atoms with Gasteiger partial charge in [0.25, 0.3) is 5.91 Å². The van der Waals surface area contributed by atoms with E-state index in [9.17, 15) is 9.90 Å². The van der Waals surface area contributed by atoms with Crippen LogP contribution in [0.4, 0.5) is 0 Å². The number of rotatable bonds is 6. The van der Waals surface area contributed by atoms with Crippen molar-refractivity contribution in [1.82, 2.24) is 15.3 Å². The molecule has 2 aromatic heterocycles. The number of pyridine rings is 2. The van der Waals surface area contributed by atoms with Crippen LogP contribution < -0.4 is 5.32 Å². The fourth-order valence-corrected chi connectivity index (χ4v) is 2.25. The van der Waals surface area contributed by atoms with Gasteiger partial charge in [0.1, 0.15) is 10.8 Å². The second kappa shape index (κ2) is 8.08. The predicted octanol–water partition coefficient (Wildman–Crippen LogP) is 2.36. The summed E-state index contributed by atoms with van der Waals surface area (Å²) in [5, 5.41) is 12.6. The lowest BCUT2D eigenvalue weighted by Crippen LogP contribution is -2.32. The molecule has 0 bridgehead atoms. The van der Waals surface area contributed by atoms with Gasteiger partial charge in [0.15, 0.2) is 0 Å². The number of aliphatic hydroxyl groups is 1. The topological polar surface area (TPSA) is 75.1 Å². The van der Waals surface area contributed by atoms with E-state index >= 15 is 0 Å². The number of carbonyl (C=O) groups excluding carboxylic acids is 1. The van der Waals surface area contributed by atoms with Crippen molar-refractivity contribution in [2.24, 2.45) is 5.92 Å². The minimum Gasteiger partial charge on any atom is -0.396 e. The van der Waals surface area contributed by atoms with Crippen molar-refractivity contribution in [3.63, 3.8) is 0 Å². The van der Waals surface area contributed by atoms with Crippen LogP contribution >= 0.6 is 23.2 Å². The molecule has 7 heteroatoms. The minimum absolute atomic E-state index is 0.0619. The van der Waals surface area contributed by atoms with E-state index in [-0.39, 0.29) is 34.9 Å². The van der Waals surface area contributed by atoms with Crippen LogP contribution in [0.2, 0.25) is 10.2 Å². The highest BCUT2D eigenvalue weighted by molar-refractivity contribution is 6.34. The molecule has 2 rings (SSSR count). The molecule has 1 unspecified atom stereocenters. The van der Waals surface area contributed by atoms with Crippen molar-refractivity contribution in [1.29, 1.82) is 0 Å². The average molecular weight is 340 g/mol. The SMILES string of the molecule is O=C(NCC(CO)Cc1ccccn1)c1nc(Cl)ccc1Cl. The van der Waals surface area contributed by atoms with Crippen LogP contribution in [0.15, 0.2) is 36.5 Å². The van der Waals surface area contributed by atoms with E-state index in [2.05, 4.69) is 15.3 Å². The summed E-state index contributed by atoms with van der Waals surface area (Å²) in [6.45, 7) is 0.226. The van der Waals surface area contributed by atoms with E-state index in [1.165, 1.54) is 12.1 Å².